The Kier molecular flexibility index (Phi) is 5.39. The van der Waals surface area contributed by atoms with E-state index in [-0.39, 0.29) is 0 Å². The second-order valence-electron chi connectivity index (χ2n) is 4.52. The Bertz CT molecular complexity index is 641. The minimum atomic E-state index is -4.23. The van der Waals surface area contributed by atoms with E-state index in [1.807, 2.05) is 0 Å². The Hall–Kier alpha value is -2.00. The van der Waals surface area contributed by atoms with Crippen LogP contribution in [0.2, 0.25) is 0 Å². The molecule has 116 valence electrons. The van der Waals surface area contributed by atoms with E-state index < -0.39 is 44.5 Å². The van der Waals surface area contributed by atoms with Crippen LogP contribution in [0.4, 0.5) is 0 Å². The van der Waals surface area contributed by atoms with Crippen LogP contribution in [-0.4, -0.2) is 43.6 Å². The second-order valence-corrected chi connectivity index (χ2v) is 6.21. The van der Waals surface area contributed by atoms with Crippen LogP contribution in [-0.2, 0) is 19.6 Å². The smallest absolute Gasteiger partial charge is 0.358 e. The molecule has 1 rings (SSSR count). The molecule has 0 aliphatic heterocycles. The fourth-order valence-corrected chi connectivity index (χ4v) is 3.04. The zero-order valence-electron chi connectivity index (χ0n) is 11.7. The van der Waals surface area contributed by atoms with Crippen molar-refractivity contribution < 1.29 is 27.9 Å². The molecule has 9 heteroatoms. The molecule has 0 bridgehead atoms. The Morgan fingerprint density at radius 1 is 1.38 bits per heavy atom. The number of carbonyl (C=O) groups is 2. The summed E-state index contributed by atoms with van der Waals surface area (Å²) in [4.78, 5) is 25.9. The van der Waals surface area contributed by atoms with Gasteiger partial charge in [0.1, 0.15) is 10.9 Å². The summed E-state index contributed by atoms with van der Waals surface area (Å²) in [6, 6.07) is 1.16. The third-order valence-corrected chi connectivity index (χ3v) is 4.13. The van der Waals surface area contributed by atoms with E-state index in [0.717, 1.165) is 13.2 Å². The highest BCUT2D eigenvalue weighted by Crippen LogP contribution is 2.16. The number of esters is 1. The number of ether oxygens (including phenoxy) is 1. The fourth-order valence-electron chi connectivity index (χ4n) is 1.56. The van der Waals surface area contributed by atoms with E-state index in [0.29, 0.717) is 0 Å². The molecule has 21 heavy (non-hydrogen) atoms. The molecule has 1 heterocycles. The minimum Gasteiger partial charge on any atom is -0.480 e. The molecule has 0 aliphatic rings. The van der Waals surface area contributed by atoms with Gasteiger partial charge in [0.15, 0.2) is 5.69 Å². The largest absolute Gasteiger partial charge is 0.480 e. The third kappa shape index (κ3) is 3.99. The predicted octanol–water partition coefficient (Wildman–Crippen LogP) is 0.256. The number of nitrogens with zero attached hydrogens (tertiary/aromatic N) is 1. The number of carboxylic acids is 1. The second kappa shape index (κ2) is 6.64. The van der Waals surface area contributed by atoms with E-state index in [4.69, 9.17) is 5.11 Å². The summed E-state index contributed by atoms with van der Waals surface area (Å²) in [7, 11) is -3.14. The molecule has 0 unspecified atom stereocenters. The van der Waals surface area contributed by atoms with Gasteiger partial charge in [0.2, 0.25) is 10.0 Å². The summed E-state index contributed by atoms with van der Waals surface area (Å²) >= 11 is 0. The van der Waals surface area contributed by atoms with Gasteiger partial charge in [-0.15, -0.1) is 0 Å². The number of methoxy groups -OCH3 is 1. The Balaban J connectivity index is 3.26. The van der Waals surface area contributed by atoms with Crippen molar-refractivity contribution in [1.82, 2.24) is 9.71 Å². The Labute approximate surface area is 122 Å². The minimum absolute atomic E-state index is 0.402. The van der Waals surface area contributed by atoms with Crippen molar-refractivity contribution in [2.45, 2.75) is 24.8 Å². The molecule has 1 atom stereocenters. The van der Waals surface area contributed by atoms with Crippen molar-refractivity contribution in [2.24, 2.45) is 5.92 Å². The van der Waals surface area contributed by atoms with E-state index in [1.165, 1.54) is 12.3 Å². The normalized spacial score (nSPS) is 13.0. The number of carboxylic acid groups (broad SMARTS) is 1. The number of pyridine rings is 1. The zero-order valence-corrected chi connectivity index (χ0v) is 12.5. The molecule has 0 saturated heterocycles. The van der Waals surface area contributed by atoms with Crippen molar-refractivity contribution in [3.05, 3.63) is 24.0 Å². The summed E-state index contributed by atoms with van der Waals surface area (Å²) in [5, 5.41) is 9.04. The van der Waals surface area contributed by atoms with Gasteiger partial charge in [-0.3, -0.25) is 4.79 Å². The first-order chi connectivity index (χ1) is 9.70. The summed E-state index contributed by atoms with van der Waals surface area (Å²) < 4.78 is 31.1. The maximum absolute atomic E-state index is 12.3. The molecule has 2 N–H and O–H groups in total. The van der Waals surface area contributed by atoms with E-state index in [9.17, 15) is 18.0 Å². The lowest BCUT2D eigenvalue weighted by atomic mass is 10.1. The predicted molar refractivity (Wildman–Crippen MR) is 72.2 cm³/mol. The first kappa shape index (κ1) is 17.1. The molecule has 0 aromatic carbocycles. The molecular weight excluding hydrogens is 300 g/mol. The van der Waals surface area contributed by atoms with Crippen molar-refractivity contribution in [3.8, 4) is 0 Å². The molecular formula is C12H16N2O6S. The molecule has 0 spiro atoms. The molecule has 8 nitrogen and oxygen atoms in total. The van der Waals surface area contributed by atoms with Crippen LogP contribution in [0.1, 0.15) is 24.3 Å². The van der Waals surface area contributed by atoms with Gasteiger partial charge in [0, 0.05) is 6.20 Å². The van der Waals surface area contributed by atoms with Gasteiger partial charge in [-0.25, -0.2) is 18.2 Å². The van der Waals surface area contributed by atoms with Crippen molar-refractivity contribution in [3.63, 3.8) is 0 Å². The third-order valence-electron chi connectivity index (χ3n) is 2.65. The van der Waals surface area contributed by atoms with E-state index in [1.54, 1.807) is 13.8 Å². The molecule has 0 saturated carbocycles. The number of hydrogen-bond acceptors (Lipinski definition) is 6. The van der Waals surface area contributed by atoms with Gasteiger partial charge in [0.05, 0.1) is 7.11 Å². The highest BCUT2D eigenvalue weighted by Gasteiger charge is 2.31. The Morgan fingerprint density at radius 2 is 2.00 bits per heavy atom. The van der Waals surface area contributed by atoms with Crippen LogP contribution < -0.4 is 4.72 Å². The highest BCUT2D eigenvalue weighted by atomic mass is 32.2. The van der Waals surface area contributed by atoms with E-state index >= 15 is 0 Å². The number of nitrogens with one attached hydrogen (secondary N) is 1. The van der Waals surface area contributed by atoms with Crippen LogP contribution >= 0.6 is 0 Å². The number of hydrogen-bond donors (Lipinski definition) is 2. The van der Waals surface area contributed by atoms with Crippen molar-refractivity contribution in [2.75, 3.05) is 7.11 Å². The van der Waals surface area contributed by atoms with Crippen LogP contribution in [0.5, 0.6) is 0 Å². The monoisotopic (exact) mass is 316 g/mol. The van der Waals surface area contributed by atoms with Gasteiger partial charge in [-0.2, -0.15) is 4.72 Å². The molecule has 1 aromatic heterocycles. The lowest BCUT2D eigenvalue weighted by Crippen LogP contribution is -2.44. The van der Waals surface area contributed by atoms with Gasteiger partial charge < -0.3 is 9.84 Å². The van der Waals surface area contributed by atoms with Crippen LogP contribution in [0, 0.1) is 5.92 Å². The quantitative estimate of drug-likeness (QED) is 0.721. The number of carbonyl (C=O) groups excluding carboxylic acids is 1. The number of sulfonamides is 1. The van der Waals surface area contributed by atoms with E-state index in [2.05, 4.69) is 14.4 Å². The van der Waals surface area contributed by atoms with Crippen LogP contribution in [0.15, 0.2) is 23.2 Å². The number of aliphatic carboxylic acids is 1. The fraction of sp³-hybridized carbons (Fsp3) is 0.417. The van der Waals surface area contributed by atoms with Crippen LogP contribution in [0.3, 0.4) is 0 Å². The van der Waals surface area contributed by atoms with Gasteiger partial charge in [0.25, 0.3) is 0 Å². The summed E-state index contributed by atoms with van der Waals surface area (Å²) in [5.74, 6) is -2.71. The van der Waals surface area contributed by atoms with Gasteiger partial charge >= 0.3 is 11.9 Å². The first-order valence-corrected chi connectivity index (χ1v) is 7.47. The van der Waals surface area contributed by atoms with Crippen molar-refractivity contribution in [1.29, 1.82) is 0 Å². The Morgan fingerprint density at radius 3 is 2.48 bits per heavy atom. The molecule has 1 aromatic rings. The zero-order chi connectivity index (χ0) is 16.2. The molecule has 0 fully saturated rings. The first-order valence-electron chi connectivity index (χ1n) is 5.99. The van der Waals surface area contributed by atoms with Crippen molar-refractivity contribution >= 4 is 22.0 Å². The topological polar surface area (TPSA) is 123 Å². The average molecular weight is 316 g/mol. The van der Waals surface area contributed by atoms with Crippen LogP contribution in [0.25, 0.3) is 0 Å². The summed E-state index contributed by atoms with van der Waals surface area (Å²) in [6.45, 7) is 3.12. The SMILES string of the molecule is COC(=O)c1ncccc1S(=O)(=O)N[C@@H](C(=O)O)C(C)C. The maximum Gasteiger partial charge on any atom is 0.358 e. The van der Waals surface area contributed by atoms with Gasteiger partial charge in [-0.05, 0) is 18.1 Å². The standard InChI is InChI=1S/C12H16N2O6S/c1-7(2)9(11(15)16)14-21(18,19)8-5-4-6-13-10(8)12(17)20-3/h4-7,9,14H,1-3H3,(H,15,16)/t9-/m1/s1. The average Bonchev–Trinajstić information content (AvgIpc) is 2.43. The van der Waals surface area contributed by atoms with Gasteiger partial charge in [-0.1, -0.05) is 13.8 Å². The number of rotatable bonds is 6. The molecule has 0 aliphatic carbocycles. The summed E-state index contributed by atoms with van der Waals surface area (Å²) in [6.07, 6.45) is 1.24. The molecule has 0 radical (unpaired) electrons. The maximum atomic E-state index is 12.3. The highest BCUT2D eigenvalue weighted by molar-refractivity contribution is 7.89. The lowest BCUT2D eigenvalue weighted by Gasteiger charge is -2.18. The molecule has 0 amide bonds. The number of aromatic nitrogens is 1. The lowest BCUT2D eigenvalue weighted by molar-refractivity contribution is -0.140. The summed E-state index contributed by atoms with van der Waals surface area (Å²) in [5.41, 5.74) is -0.402.